The largest absolute Gasteiger partial charge is 0.416 e. The van der Waals surface area contributed by atoms with E-state index in [1.165, 1.54) is 24.3 Å². The molecule has 0 saturated carbocycles. The minimum atomic E-state index is -4.57. The van der Waals surface area contributed by atoms with Crippen LogP contribution in [0.1, 0.15) is 21.7 Å². The fourth-order valence-corrected chi connectivity index (χ4v) is 2.24. The number of nitrogens with zero attached hydrogens (tertiary/aromatic N) is 1. The highest BCUT2D eigenvalue weighted by molar-refractivity contribution is 6.07. The highest BCUT2D eigenvalue weighted by Crippen LogP contribution is 2.29. The van der Waals surface area contributed by atoms with E-state index in [0.717, 1.165) is 18.2 Å². The molecule has 0 radical (unpaired) electrons. The fraction of sp³-hybridized carbons (Fsp3) is 0.0625. The first-order chi connectivity index (χ1) is 11.3. The molecule has 0 fully saturated rings. The molecule has 0 unspecified atom stereocenters. The first kappa shape index (κ1) is 15.7. The van der Waals surface area contributed by atoms with Gasteiger partial charge in [-0.25, -0.2) is 4.98 Å². The molecule has 3 rings (SSSR count). The lowest BCUT2D eigenvalue weighted by Crippen LogP contribution is -2.17. The number of anilines is 1. The van der Waals surface area contributed by atoms with Gasteiger partial charge in [0.15, 0.2) is 5.82 Å². The van der Waals surface area contributed by atoms with Crippen LogP contribution in [0.2, 0.25) is 0 Å². The van der Waals surface area contributed by atoms with E-state index in [9.17, 15) is 22.8 Å². The Bertz CT molecular complexity index is 1010. The zero-order valence-corrected chi connectivity index (χ0v) is 12.0. The van der Waals surface area contributed by atoms with E-state index >= 15 is 0 Å². The van der Waals surface area contributed by atoms with Crippen LogP contribution in [0.4, 0.5) is 18.9 Å². The molecule has 0 amide bonds. The molecule has 0 atom stereocenters. The van der Waals surface area contributed by atoms with Gasteiger partial charge in [-0.05, 0) is 30.3 Å². The maximum absolute atomic E-state index is 12.7. The van der Waals surface area contributed by atoms with Crippen LogP contribution in [0.25, 0.3) is 10.9 Å². The van der Waals surface area contributed by atoms with E-state index in [4.69, 9.17) is 5.73 Å². The van der Waals surface area contributed by atoms with E-state index in [0.29, 0.717) is 5.69 Å². The van der Waals surface area contributed by atoms with E-state index < -0.39 is 23.1 Å². The van der Waals surface area contributed by atoms with Crippen LogP contribution in [0.15, 0.2) is 47.3 Å². The molecule has 0 aliphatic carbocycles. The Labute approximate surface area is 132 Å². The molecule has 5 nitrogen and oxygen atoms in total. The van der Waals surface area contributed by atoms with Gasteiger partial charge in [0.25, 0.3) is 5.56 Å². The Kier molecular flexibility index (Phi) is 3.59. The number of ketones is 1. The van der Waals surface area contributed by atoms with Crippen LogP contribution in [0.3, 0.4) is 0 Å². The normalized spacial score (nSPS) is 11.6. The van der Waals surface area contributed by atoms with Gasteiger partial charge in [0, 0.05) is 11.3 Å². The van der Waals surface area contributed by atoms with Gasteiger partial charge in [-0.2, -0.15) is 13.2 Å². The molecule has 2 aromatic carbocycles. The summed E-state index contributed by atoms with van der Waals surface area (Å²) >= 11 is 0. The summed E-state index contributed by atoms with van der Waals surface area (Å²) in [4.78, 5) is 30.7. The maximum atomic E-state index is 12.7. The minimum absolute atomic E-state index is 0.190. The van der Waals surface area contributed by atoms with E-state index in [1.807, 2.05) is 0 Å². The zero-order chi connectivity index (χ0) is 17.5. The number of benzene rings is 2. The van der Waals surface area contributed by atoms with Crippen molar-refractivity contribution < 1.29 is 18.0 Å². The average molecular weight is 333 g/mol. The summed E-state index contributed by atoms with van der Waals surface area (Å²) in [6.45, 7) is 0. The fourth-order valence-electron chi connectivity index (χ4n) is 2.24. The van der Waals surface area contributed by atoms with E-state index in [1.54, 1.807) is 0 Å². The number of nitrogens with two attached hydrogens (primary N) is 1. The average Bonchev–Trinajstić information content (AvgIpc) is 2.54. The van der Waals surface area contributed by atoms with Crippen molar-refractivity contribution in [2.24, 2.45) is 0 Å². The van der Waals surface area contributed by atoms with E-state index in [2.05, 4.69) is 9.97 Å². The number of carbonyl (C=O) groups excluding carboxylic acids is 1. The first-order valence-corrected chi connectivity index (χ1v) is 6.77. The molecule has 1 heterocycles. The second-order valence-electron chi connectivity index (χ2n) is 5.10. The number of aromatic amines is 1. The number of nitrogens with one attached hydrogen (secondary N) is 1. The third-order valence-corrected chi connectivity index (χ3v) is 3.40. The van der Waals surface area contributed by atoms with Gasteiger partial charge in [0.1, 0.15) is 0 Å². The maximum Gasteiger partial charge on any atom is 0.416 e. The predicted octanol–water partition coefficient (Wildman–Crippen LogP) is 2.76. The number of aromatic nitrogens is 2. The Morgan fingerprint density at radius 3 is 2.58 bits per heavy atom. The van der Waals surface area contributed by atoms with Crippen molar-refractivity contribution in [3.05, 3.63) is 69.8 Å². The lowest BCUT2D eigenvalue weighted by molar-refractivity contribution is -0.137. The topological polar surface area (TPSA) is 88.8 Å². The van der Waals surface area contributed by atoms with Gasteiger partial charge in [-0.3, -0.25) is 9.59 Å². The van der Waals surface area contributed by atoms with Gasteiger partial charge in [-0.1, -0.05) is 12.1 Å². The Morgan fingerprint density at radius 2 is 1.88 bits per heavy atom. The second-order valence-corrected chi connectivity index (χ2v) is 5.10. The van der Waals surface area contributed by atoms with Crippen LogP contribution in [-0.2, 0) is 6.18 Å². The molecule has 3 aromatic rings. The number of nitrogen functional groups attached to an aromatic ring is 1. The quantitative estimate of drug-likeness (QED) is 0.557. The van der Waals surface area contributed by atoms with Gasteiger partial charge < -0.3 is 10.7 Å². The first-order valence-electron chi connectivity index (χ1n) is 6.77. The summed E-state index contributed by atoms with van der Waals surface area (Å²) in [6.07, 6.45) is -4.57. The number of H-pyrrole nitrogens is 1. The van der Waals surface area contributed by atoms with Crippen LogP contribution >= 0.6 is 0 Å². The molecular weight excluding hydrogens is 323 g/mol. The van der Waals surface area contributed by atoms with Crippen LogP contribution in [0.5, 0.6) is 0 Å². The van der Waals surface area contributed by atoms with Crippen molar-refractivity contribution in [2.75, 3.05) is 5.73 Å². The van der Waals surface area contributed by atoms with Gasteiger partial charge in [0.2, 0.25) is 5.78 Å². The van der Waals surface area contributed by atoms with Crippen molar-refractivity contribution in [1.29, 1.82) is 0 Å². The van der Waals surface area contributed by atoms with E-state index in [-0.39, 0.29) is 22.3 Å². The molecular formula is C16H10F3N3O2. The lowest BCUT2D eigenvalue weighted by atomic mass is 10.1. The van der Waals surface area contributed by atoms with Gasteiger partial charge >= 0.3 is 6.18 Å². The number of hydrogen-bond acceptors (Lipinski definition) is 4. The lowest BCUT2D eigenvalue weighted by Gasteiger charge is -2.08. The van der Waals surface area contributed by atoms with Crippen molar-refractivity contribution in [2.45, 2.75) is 6.18 Å². The monoisotopic (exact) mass is 333 g/mol. The molecule has 1 aromatic heterocycles. The van der Waals surface area contributed by atoms with Crippen LogP contribution in [0, 0.1) is 0 Å². The van der Waals surface area contributed by atoms with Crippen LogP contribution in [-0.4, -0.2) is 15.8 Å². The summed E-state index contributed by atoms with van der Waals surface area (Å²) in [5, 5.41) is 0.190. The summed E-state index contributed by atoms with van der Waals surface area (Å²) in [6, 6.07) is 8.29. The minimum Gasteiger partial charge on any atom is -0.399 e. The van der Waals surface area contributed by atoms with Crippen molar-refractivity contribution >= 4 is 22.4 Å². The Hall–Kier alpha value is -3.16. The SMILES string of the molecule is Nc1ccc2nc(C(=O)c3cccc(C(F)(F)F)c3)[nH]c(=O)c2c1. The zero-order valence-electron chi connectivity index (χ0n) is 12.0. The molecule has 3 N–H and O–H groups in total. The molecule has 0 bridgehead atoms. The molecule has 8 heteroatoms. The Morgan fingerprint density at radius 1 is 1.12 bits per heavy atom. The van der Waals surface area contributed by atoms with Crippen molar-refractivity contribution in [1.82, 2.24) is 9.97 Å². The Balaban J connectivity index is 2.09. The molecule has 24 heavy (non-hydrogen) atoms. The number of fused-ring (bicyclic) bond motifs is 1. The van der Waals surface area contributed by atoms with Crippen molar-refractivity contribution in [3.63, 3.8) is 0 Å². The number of rotatable bonds is 2. The summed E-state index contributed by atoms with van der Waals surface area (Å²) in [5.74, 6) is -1.14. The highest BCUT2D eigenvalue weighted by atomic mass is 19.4. The molecule has 0 aliphatic heterocycles. The number of alkyl halides is 3. The van der Waals surface area contributed by atoms with Crippen LogP contribution < -0.4 is 11.3 Å². The summed E-state index contributed by atoms with van der Waals surface area (Å²) in [7, 11) is 0. The summed E-state index contributed by atoms with van der Waals surface area (Å²) in [5.41, 5.74) is 4.39. The second kappa shape index (κ2) is 5.48. The molecule has 122 valence electrons. The molecule has 0 spiro atoms. The molecule has 0 aliphatic rings. The predicted molar refractivity (Wildman–Crippen MR) is 81.7 cm³/mol. The summed E-state index contributed by atoms with van der Waals surface area (Å²) < 4.78 is 38.2. The third kappa shape index (κ3) is 2.85. The smallest absolute Gasteiger partial charge is 0.399 e. The van der Waals surface area contributed by atoms with Gasteiger partial charge in [0.05, 0.1) is 16.5 Å². The molecule has 0 saturated heterocycles. The number of hydrogen-bond donors (Lipinski definition) is 2. The number of carbonyl (C=O) groups is 1. The standard InChI is InChI=1S/C16H10F3N3O2/c17-16(18,19)9-3-1-2-8(6-9)13(23)14-21-12-5-4-10(20)7-11(12)15(24)22-14/h1-7H,20H2,(H,21,22,24). The highest BCUT2D eigenvalue weighted by Gasteiger charge is 2.31. The van der Waals surface area contributed by atoms with Crippen molar-refractivity contribution in [3.8, 4) is 0 Å². The number of halogens is 3. The van der Waals surface area contributed by atoms with Gasteiger partial charge in [-0.15, -0.1) is 0 Å². The third-order valence-electron chi connectivity index (χ3n) is 3.40.